The van der Waals surface area contributed by atoms with Gasteiger partial charge in [-0.05, 0) is 75.9 Å². The average Bonchev–Trinajstić information content (AvgIpc) is 2.85. The Hall–Kier alpha value is -1.92. The van der Waals surface area contributed by atoms with Crippen LogP contribution in [-0.2, 0) is 20.7 Å². The topological polar surface area (TPSA) is 70.7 Å². The fraction of sp³-hybridized carbons (Fsp3) is 0.692. The van der Waals surface area contributed by atoms with E-state index in [9.17, 15) is 9.59 Å². The SMILES string of the molecule is CNC(=O)C1(CC2CCNCC2)CCN(C(=O)C2(Cc3ccccc3)CCOCC2)CC1. The highest BCUT2D eigenvalue weighted by molar-refractivity contribution is 5.85. The summed E-state index contributed by atoms with van der Waals surface area (Å²) in [6.07, 6.45) is 7.06. The van der Waals surface area contributed by atoms with E-state index in [0.717, 1.165) is 64.5 Å². The molecule has 1 aromatic carbocycles. The van der Waals surface area contributed by atoms with E-state index >= 15 is 0 Å². The van der Waals surface area contributed by atoms with E-state index in [1.807, 2.05) is 18.2 Å². The Morgan fingerprint density at radius 2 is 1.69 bits per heavy atom. The van der Waals surface area contributed by atoms with E-state index in [4.69, 9.17) is 4.74 Å². The first-order chi connectivity index (χ1) is 15.6. The van der Waals surface area contributed by atoms with Crippen molar-refractivity contribution in [3.8, 4) is 0 Å². The Balaban J connectivity index is 1.46. The van der Waals surface area contributed by atoms with Crippen molar-refractivity contribution in [2.45, 2.75) is 51.4 Å². The van der Waals surface area contributed by atoms with Gasteiger partial charge in [-0.1, -0.05) is 30.3 Å². The molecule has 2 N–H and O–H groups in total. The van der Waals surface area contributed by atoms with Gasteiger partial charge in [-0.15, -0.1) is 0 Å². The van der Waals surface area contributed by atoms with Crippen molar-refractivity contribution in [3.63, 3.8) is 0 Å². The second-order valence-electron chi connectivity index (χ2n) is 10.1. The molecule has 32 heavy (non-hydrogen) atoms. The van der Waals surface area contributed by atoms with E-state index in [1.54, 1.807) is 7.05 Å². The van der Waals surface area contributed by atoms with Crippen LogP contribution in [0.4, 0.5) is 0 Å². The molecule has 0 unspecified atom stereocenters. The highest BCUT2D eigenvalue weighted by Crippen LogP contribution is 2.43. The summed E-state index contributed by atoms with van der Waals surface area (Å²) < 4.78 is 5.63. The van der Waals surface area contributed by atoms with Gasteiger partial charge in [-0.2, -0.15) is 0 Å². The van der Waals surface area contributed by atoms with Crippen molar-refractivity contribution in [2.24, 2.45) is 16.7 Å². The van der Waals surface area contributed by atoms with Gasteiger partial charge < -0.3 is 20.3 Å². The van der Waals surface area contributed by atoms with Gasteiger partial charge in [0.25, 0.3) is 0 Å². The molecule has 0 aromatic heterocycles. The zero-order chi connectivity index (χ0) is 22.4. The molecule has 0 aliphatic carbocycles. The Bertz CT molecular complexity index is 762. The maximum absolute atomic E-state index is 13.9. The first kappa shape index (κ1) is 23.2. The molecule has 3 saturated heterocycles. The van der Waals surface area contributed by atoms with Gasteiger partial charge in [-0.25, -0.2) is 0 Å². The average molecular weight is 442 g/mol. The van der Waals surface area contributed by atoms with E-state index in [-0.39, 0.29) is 22.6 Å². The lowest BCUT2D eigenvalue weighted by atomic mass is 9.68. The largest absolute Gasteiger partial charge is 0.381 e. The predicted molar refractivity (Wildman–Crippen MR) is 125 cm³/mol. The number of benzene rings is 1. The minimum absolute atomic E-state index is 0.160. The molecule has 0 saturated carbocycles. The van der Waals surface area contributed by atoms with Crippen LogP contribution in [0.3, 0.4) is 0 Å². The molecule has 4 rings (SSSR count). The Kier molecular flexibility index (Phi) is 7.51. The van der Waals surface area contributed by atoms with Crippen molar-refractivity contribution in [2.75, 3.05) is 46.4 Å². The molecule has 3 heterocycles. The van der Waals surface area contributed by atoms with Gasteiger partial charge in [0.1, 0.15) is 0 Å². The maximum Gasteiger partial charge on any atom is 0.229 e. The standard InChI is InChI=1S/C26H39N3O3/c1-27-23(30)25(19-22-7-13-28-14-8-22)9-15-29(16-10-25)24(31)26(11-17-32-18-12-26)20-21-5-3-2-4-6-21/h2-6,22,28H,7-20H2,1H3,(H,27,30). The number of carbonyl (C=O) groups excluding carboxylic acids is 2. The van der Waals surface area contributed by atoms with Crippen LogP contribution in [0.5, 0.6) is 0 Å². The highest BCUT2D eigenvalue weighted by atomic mass is 16.5. The third-order valence-electron chi connectivity index (χ3n) is 8.14. The third kappa shape index (κ3) is 5.01. The maximum atomic E-state index is 13.9. The number of ether oxygens (including phenoxy) is 1. The summed E-state index contributed by atoms with van der Waals surface area (Å²) in [7, 11) is 1.75. The zero-order valence-corrected chi connectivity index (χ0v) is 19.5. The summed E-state index contributed by atoms with van der Waals surface area (Å²) in [4.78, 5) is 28.9. The summed E-state index contributed by atoms with van der Waals surface area (Å²) in [5.41, 5.74) is 0.489. The molecule has 2 amide bonds. The number of nitrogens with one attached hydrogen (secondary N) is 2. The molecule has 3 aliphatic rings. The summed E-state index contributed by atoms with van der Waals surface area (Å²) >= 11 is 0. The number of likely N-dealkylation sites (tertiary alicyclic amines) is 1. The third-order valence-corrected chi connectivity index (χ3v) is 8.14. The van der Waals surface area contributed by atoms with Crippen LogP contribution in [0.15, 0.2) is 30.3 Å². The van der Waals surface area contributed by atoms with Crippen LogP contribution in [0, 0.1) is 16.7 Å². The first-order valence-electron chi connectivity index (χ1n) is 12.4. The normalized spacial score (nSPS) is 23.5. The van der Waals surface area contributed by atoms with E-state index in [0.29, 0.717) is 32.2 Å². The van der Waals surface area contributed by atoms with Crippen molar-refractivity contribution in [1.29, 1.82) is 0 Å². The lowest BCUT2D eigenvalue weighted by Gasteiger charge is -2.46. The minimum Gasteiger partial charge on any atom is -0.381 e. The quantitative estimate of drug-likeness (QED) is 0.712. The summed E-state index contributed by atoms with van der Waals surface area (Å²) in [6.45, 7) is 4.73. The van der Waals surface area contributed by atoms with Crippen LogP contribution in [0.25, 0.3) is 0 Å². The van der Waals surface area contributed by atoms with Gasteiger partial charge >= 0.3 is 0 Å². The molecule has 0 bridgehead atoms. The molecular weight excluding hydrogens is 402 g/mol. The number of amides is 2. The molecule has 3 fully saturated rings. The summed E-state index contributed by atoms with van der Waals surface area (Å²) in [6, 6.07) is 10.4. The molecule has 0 spiro atoms. The van der Waals surface area contributed by atoms with E-state index in [2.05, 4.69) is 27.7 Å². The predicted octanol–water partition coefficient (Wildman–Crippen LogP) is 2.77. The molecule has 176 valence electrons. The summed E-state index contributed by atoms with van der Waals surface area (Å²) in [5.74, 6) is 1.01. The second-order valence-corrected chi connectivity index (χ2v) is 10.1. The number of nitrogens with zero attached hydrogens (tertiary/aromatic N) is 1. The molecular formula is C26H39N3O3. The number of rotatable bonds is 6. The van der Waals surface area contributed by atoms with Crippen molar-refractivity contribution < 1.29 is 14.3 Å². The van der Waals surface area contributed by atoms with Gasteiger partial charge in [0, 0.05) is 33.4 Å². The van der Waals surface area contributed by atoms with Crippen molar-refractivity contribution in [1.82, 2.24) is 15.5 Å². The minimum atomic E-state index is -0.387. The lowest BCUT2D eigenvalue weighted by Crippen LogP contribution is -2.55. The van der Waals surface area contributed by atoms with Gasteiger partial charge in [0.2, 0.25) is 11.8 Å². The Morgan fingerprint density at radius 1 is 1.03 bits per heavy atom. The number of carbonyl (C=O) groups is 2. The van der Waals surface area contributed by atoms with Gasteiger partial charge in [-0.3, -0.25) is 9.59 Å². The molecule has 1 aromatic rings. The molecule has 0 atom stereocenters. The fourth-order valence-electron chi connectivity index (χ4n) is 6.12. The lowest BCUT2D eigenvalue weighted by molar-refractivity contribution is -0.153. The van der Waals surface area contributed by atoms with E-state index in [1.165, 1.54) is 5.56 Å². The number of piperidine rings is 2. The molecule has 0 radical (unpaired) electrons. The summed E-state index contributed by atoms with van der Waals surface area (Å²) in [5, 5.41) is 6.36. The van der Waals surface area contributed by atoms with Crippen LogP contribution in [0.1, 0.15) is 50.5 Å². The second kappa shape index (κ2) is 10.3. The molecule has 6 heteroatoms. The Labute approximate surface area is 192 Å². The Morgan fingerprint density at radius 3 is 2.31 bits per heavy atom. The first-order valence-corrected chi connectivity index (χ1v) is 12.4. The van der Waals surface area contributed by atoms with Crippen LogP contribution in [-0.4, -0.2) is 63.2 Å². The van der Waals surface area contributed by atoms with Crippen molar-refractivity contribution >= 4 is 11.8 Å². The number of hydrogen-bond donors (Lipinski definition) is 2. The monoisotopic (exact) mass is 441 g/mol. The van der Waals surface area contributed by atoms with Crippen LogP contribution >= 0.6 is 0 Å². The van der Waals surface area contributed by atoms with Gasteiger partial charge in [0.05, 0.1) is 10.8 Å². The van der Waals surface area contributed by atoms with Crippen LogP contribution < -0.4 is 10.6 Å². The van der Waals surface area contributed by atoms with Crippen LogP contribution in [0.2, 0.25) is 0 Å². The molecule has 6 nitrogen and oxygen atoms in total. The smallest absolute Gasteiger partial charge is 0.229 e. The highest BCUT2D eigenvalue weighted by Gasteiger charge is 2.47. The van der Waals surface area contributed by atoms with Crippen molar-refractivity contribution in [3.05, 3.63) is 35.9 Å². The molecule has 3 aliphatic heterocycles. The zero-order valence-electron chi connectivity index (χ0n) is 19.5. The van der Waals surface area contributed by atoms with E-state index < -0.39 is 0 Å². The van der Waals surface area contributed by atoms with Gasteiger partial charge in [0.15, 0.2) is 0 Å². The number of hydrogen-bond acceptors (Lipinski definition) is 4. The fourth-order valence-corrected chi connectivity index (χ4v) is 6.12.